The number of nitrogens with zero attached hydrogens (tertiary/aromatic N) is 1. The van der Waals surface area contributed by atoms with Crippen molar-refractivity contribution in [3.05, 3.63) is 0 Å². The molecule has 0 aliphatic heterocycles. The molecular weight excluding hydrogens is 246 g/mol. The van der Waals surface area contributed by atoms with Gasteiger partial charge in [-0.1, -0.05) is 0 Å². The van der Waals surface area contributed by atoms with E-state index in [4.69, 9.17) is 0 Å². The van der Waals surface area contributed by atoms with E-state index in [0.29, 0.717) is 0 Å². The van der Waals surface area contributed by atoms with Crippen molar-refractivity contribution in [2.75, 3.05) is 25.7 Å². The second-order valence-electron chi connectivity index (χ2n) is 4.07. The lowest BCUT2D eigenvalue weighted by atomic mass is 10.3. The Morgan fingerprint density at radius 1 is 1.29 bits per heavy atom. The highest BCUT2D eigenvalue weighted by Crippen LogP contribution is 2.03. The number of rotatable bonds is 6. The molecule has 0 aliphatic rings. The Hall–Kier alpha value is -1.11. The average Bonchev–Trinajstić information content (AvgIpc) is 2.20. The van der Waals surface area contributed by atoms with Gasteiger partial charge in [0.15, 0.2) is 0 Å². The maximum absolute atomic E-state index is 11.7. The third kappa shape index (κ3) is 6.93. The van der Waals surface area contributed by atoms with Crippen molar-refractivity contribution in [1.82, 2.24) is 4.90 Å². The van der Waals surface area contributed by atoms with E-state index < -0.39 is 15.8 Å². The predicted molar refractivity (Wildman–Crippen MR) is 63.2 cm³/mol. The Balaban J connectivity index is 4.51. The lowest BCUT2D eigenvalue weighted by Crippen LogP contribution is -2.41. The third-order valence-electron chi connectivity index (χ3n) is 2.16. The smallest absolute Gasteiger partial charge is 0.325 e. The molecule has 6 nitrogen and oxygen atoms in total. The summed E-state index contributed by atoms with van der Waals surface area (Å²) in [6.07, 6.45) is 0.953. The maximum atomic E-state index is 11.7. The molecule has 0 unspecified atom stereocenters. The first-order valence-electron chi connectivity index (χ1n) is 5.21. The van der Waals surface area contributed by atoms with Gasteiger partial charge in [0.2, 0.25) is 5.91 Å². The van der Waals surface area contributed by atoms with Crippen LogP contribution in [0.4, 0.5) is 0 Å². The molecule has 100 valence electrons. The zero-order chi connectivity index (χ0) is 13.6. The molecule has 0 bridgehead atoms. The van der Waals surface area contributed by atoms with Gasteiger partial charge in [0, 0.05) is 18.7 Å². The number of carbonyl (C=O) groups excluding carboxylic acids is 2. The zero-order valence-corrected chi connectivity index (χ0v) is 11.4. The fraction of sp³-hybridized carbons (Fsp3) is 0.800. The first kappa shape index (κ1) is 15.9. The fourth-order valence-electron chi connectivity index (χ4n) is 1.18. The Kier molecular flexibility index (Phi) is 6.15. The molecule has 0 aromatic rings. The lowest BCUT2D eigenvalue weighted by molar-refractivity contribution is -0.148. The lowest BCUT2D eigenvalue weighted by Gasteiger charge is -2.25. The quantitative estimate of drug-likeness (QED) is 0.623. The van der Waals surface area contributed by atoms with Crippen molar-refractivity contribution in [2.45, 2.75) is 26.3 Å². The zero-order valence-electron chi connectivity index (χ0n) is 10.6. The fourth-order valence-corrected chi connectivity index (χ4v) is 1.72. The number of esters is 1. The van der Waals surface area contributed by atoms with Gasteiger partial charge in [-0.2, -0.15) is 0 Å². The van der Waals surface area contributed by atoms with Gasteiger partial charge < -0.3 is 9.64 Å². The average molecular weight is 265 g/mol. The van der Waals surface area contributed by atoms with Crippen LogP contribution in [0.1, 0.15) is 20.3 Å². The molecule has 0 N–H and O–H groups in total. The predicted octanol–water partition coefficient (Wildman–Crippen LogP) is -0.169. The first-order chi connectivity index (χ1) is 7.67. The van der Waals surface area contributed by atoms with E-state index in [1.54, 1.807) is 13.8 Å². The van der Waals surface area contributed by atoms with Crippen LogP contribution >= 0.6 is 0 Å². The van der Waals surface area contributed by atoms with E-state index in [9.17, 15) is 18.0 Å². The molecular formula is C10H19NO5S. The molecule has 0 saturated heterocycles. The van der Waals surface area contributed by atoms with Crippen LogP contribution in [0.5, 0.6) is 0 Å². The molecule has 0 rings (SSSR count). The summed E-state index contributed by atoms with van der Waals surface area (Å²) in [6.45, 7) is 3.35. The Labute approximate surface area is 102 Å². The molecule has 0 aromatic heterocycles. The summed E-state index contributed by atoms with van der Waals surface area (Å²) in [5.74, 6) is -1.10. The Morgan fingerprint density at radius 2 is 1.82 bits per heavy atom. The molecule has 0 aromatic carbocycles. The second kappa shape index (κ2) is 6.58. The first-order valence-corrected chi connectivity index (χ1v) is 7.27. The number of ether oxygens (including phenoxy) is 1. The normalized spacial score (nSPS) is 11.4. The van der Waals surface area contributed by atoms with Crippen LogP contribution in [0, 0.1) is 0 Å². The molecule has 0 saturated carbocycles. The number of hydrogen-bond donors (Lipinski definition) is 0. The number of methoxy groups -OCH3 is 1. The summed E-state index contributed by atoms with van der Waals surface area (Å²) >= 11 is 0. The van der Waals surface area contributed by atoms with Gasteiger partial charge in [-0.25, -0.2) is 8.42 Å². The van der Waals surface area contributed by atoms with Crippen molar-refractivity contribution >= 4 is 21.7 Å². The van der Waals surface area contributed by atoms with Gasteiger partial charge in [-0.3, -0.25) is 9.59 Å². The number of sulfone groups is 1. The van der Waals surface area contributed by atoms with E-state index in [2.05, 4.69) is 4.74 Å². The van der Waals surface area contributed by atoms with Gasteiger partial charge in [0.25, 0.3) is 0 Å². The summed E-state index contributed by atoms with van der Waals surface area (Å²) in [7, 11) is -1.94. The van der Waals surface area contributed by atoms with Gasteiger partial charge in [0.05, 0.1) is 12.9 Å². The number of carbonyl (C=O) groups is 2. The molecule has 7 heteroatoms. The van der Waals surface area contributed by atoms with Crippen LogP contribution in [-0.4, -0.2) is 56.9 Å². The van der Waals surface area contributed by atoms with Crippen molar-refractivity contribution in [3.8, 4) is 0 Å². The van der Waals surface area contributed by atoms with Crippen LogP contribution in [0.25, 0.3) is 0 Å². The van der Waals surface area contributed by atoms with Gasteiger partial charge in [-0.05, 0) is 13.8 Å². The molecule has 0 atom stereocenters. The van der Waals surface area contributed by atoms with Crippen LogP contribution < -0.4 is 0 Å². The van der Waals surface area contributed by atoms with Crippen molar-refractivity contribution in [2.24, 2.45) is 0 Å². The minimum Gasteiger partial charge on any atom is -0.468 e. The molecule has 1 amide bonds. The summed E-state index contributed by atoms with van der Waals surface area (Å²) < 4.78 is 26.4. The van der Waals surface area contributed by atoms with Crippen LogP contribution in [0.3, 0.4) is 0 Å². The van der Waals surface area contributed by atoms with E-state index >= 15 is 0 Å². The molecule has 0 heterocycles. The summed E-state index contributed by atoms with van der Waals surface area (Å²) in [5, 5.41) is 0. The monoisotopic (exact) mass is 265 g/mol. The largest absolute Gasteiger partial charge is 0.468 e. The topological polar surface area (TPSA) is 80.8 Å². The van der Waals surface area contributed by atoms with E-state index in [1.807, 2.05) is 0 Å². The number of amides is 1. The minimum atomic E-state index is -3.18. The maximum Gasteiger partial charge on any atom is 0.325 e. The third-order valence-corrected chi connectivity index (χ3v) is 3.10. The van der Waals surface area contributed by atoms with Crippen molar-refractivity contribution < 1.29 is 22.7 Å². The van der Waals surface area contributed by atoms with Gasteiger partial charge >= 0.3 is 5.97 Å². The highest BCUT2D eigenvalue weighted by Gasteiger charge is 2.21. The Bertz CT molecular complexity index is 374. The van der Waals surface area contributed by atoms with Crippen LogP contribution in [0.2, 0.25) is 0 Å². The van der Waals surface area contributed by atoms with Gasteiger partial charge in [0.1, 0.15) is 16.4 Å². The van der Waals surface area contributed by atoms with Crippen molar-refractivity contribution in [1.29, 1.82) is 0 Å². The summed E-state index contributed by atoms with van der Waals surface area (Å²) in [4.78, 5) is 24.1. The van der Waals surface area contributed by atoms with Crippen molar-refractivity contribution in [3.63, 3.8) is 0 Å². The summed E-state index contributed by atoms with van der Waals surface area (Å²) in [5.41, 5.74) is 0. The van der Waals surface area contributed by atoms with E-state index in [1.165, 1.54) is 12.0 Å². The highest BCUT2D eigenvalue weighted by atomic mass is 32.2. The SMILES string of the molecule is COC(=O)CN(C(=O)CCS(C)(=O)=O)C(C)C. The highest BCUT2D eigenvalue weighted by molar-refractivity contribution is 7.90. The molecule has 0 spiro atoms. The second-order valence-corrected chi connectivity index (χ2v) is 6.33. The van der Waals surface area contributed by atoms with E-state index in [-0.39, 0.29) is 30.7 Å². The van der Waals surface area contributed by atoms with E-state index in [0.717, 1.165) is 6.26 Å². The number of hydrogen-bond acceptors (Lipinski definition) is 5. The van der Waals surface area contributed by atoms with Crippen LogP contribution in [-0.2, 0) is 24.2 Å². The molecule has 0 radical (unpaired) electrons. The molecule has 17 heavy (non-hydrogen) atoms. The standard InChI is InChI=1S/C10H19NO5S/c1-8(2)11(7-10(13)16-3)9(12)5-6-17(4,14)15/h8H,5-7H2,1-4H3. The Morgan fingerprint density at radius 3 is 2.18 bits per heavy atom. The van der Waals surface area contributed by atoms with Crippen LogP contribution in [0.15, 0.2) is 0 Å². The van der Waals surface area contributed by atoms with Gasteiger partial charge in [-0.15, -0.1) is 0 Å². The summed E-state index contributed by atoms with van der Waals surface area (Å²) in [6, 6.07) is -0.179. The molecule has 0 fully saturated rings. The minimum absolute atomic E-state index is 0.117. The molecule has 0 aliphatic carbocycles.